The van der Waals surface area contributed by atoms with E-state index < -0.39 is 0 Å². The zero-order valence-corrected chi connectivity index (χ0v) is 11.9. The molecule has 2 rings (SSSR count). The van der Waals surface area contributed by atoms with Crippen molar-refractivity contribution in [2.24, 2.45) is 11.8 Å². The van der Waals surface area contributed by atoms with Crippen LogP contribution in [0.2, 0.25) is 0 Å². The van der Waals surface area contributed by atoms with E-state index in [2.05, 4.69) is 31.0 Å². The van der Waals surface area contributed by atoms with Crippen LogP contribution in [0.5, 0.6) is 0 Å². The summed E-state index contributed by atoms with van der Waals surface area (Å²) in [6.07, 6.45) is 6.96. The van der Waals surface area contributed by atoms with Crippen LogP contribution in [0.4, 0.5) is 0 Å². The normalized spacial score (nSPS) is 30.0. The van der Waals surface area contributed by atoms with Crippen molar-refractivity contribution < 1.29 is 0 Å². The molecular formula is C15H30N2. The topological polar surface area (TPSA) is 15.3 Å². The van der Waals surface area contributed by atoms with Gasteiger partial charge in [0.05, 0.1) is 0 Å². The summed E-state index contributed by atoms with van der Waals surface area (Å²) >= 11 is 0. The van der Waals surface area contributed by atoms with E-state index in [0.29, 0.717) is 0 Å². The number of hydrogen-bond acceptors (Lipinski definition) is 2. The van der Waals surface area contributed by atoms with E-state index in [9.17, 15) is 0 Å². The van der Waals surface area contributed by atoms with Gasteiger partial charge in [0.1, 0.15) is 0 Å². The first kappa shape index (κ1) is 13.4. The molecule has 0 spiro atoms. The minimum atomic E-state index is 0.807. The zero-order valence-electron chi connectivity index (χ0n) is 11.9. The van der Waals surface area contributed by atoms with E-state index in [1.165, 1.54) is 51.7 Å². The second kappa shape index (κ2) is 6.19. The number of likely N-dealkylation sites (tertiary alicyclic amines) is 1. The van der Waals surface area contributed by atoms with Crippen molar-refractivity contribution in [1.82, 2.24) is 10.2 Å². The fraction of sp³-hybridized carbons (Fsp3) is 1.00. The smallest absolute Gasteiger partial charge is 0.0116 e. The van der Waals surface area contributed by atoms with E-state index in [-0.39, 0.29) is 0 Å². The fourth-order valence-electron chi connectivity index (χ4n) is 3.92. The molecule has 0 aromatic carbocycles. The van der Waals surface area contributed by atoms with Gasteiger partial charge in [0, 0.05) is 12.1 Å². The maximum Gasteiger partial charge on any atom is 0.0116 e. The molecule has 1 N–H and O–H groups in total. The van der Waals surface area contributed by atoms with Crippen LogP contribution >= 0.6 is 0 Å². The SMILES string of the molecule is CCC(C(C)C)N1CCC(C2CCCN2)CC1. The van der Waals surface area contributed by atoms with E-state index in [1.54, 1.807) is 0 Å². The molecule has 2 unspecified atom stereocenters. The Hall–Kier alpha value is -0.0800. The van der Waals surface area contributed by atoms with Gasteiger partial charge in [-0.2, -0.15) is 0 Å². The molecule has 0 aromatic rings. The molecule has 0 bridgehead atoms. The van der Waals surface area contributed by atoms with Crippen LogP contribution in [-0.4, -0.2) is 36.6 Å². The third kappa shape index (κ3) is 3.23. The van der Waals surface area contributed by atoms with Crippen molar-refractivity contribution >= 4 is 0 Å². The molecule has 0 amide bonds. The second-order valence-electron chi connectivity index (χ2n) is 6.30. The van der Waals surface area contributed by atoms with Gasteiger partial charge in [-0.1, -0.05) is 20.8 Å². The van der Waals surface area contributed by atoms with E-state index in [0.717, 1.165) is 23.9 Å². The quantitative estimate of drug-likeness (QED) is 0.810. The Kier molecular flexibility index (Phi) is 4.87. The summed E-state index contributed by atoms with van der Waals surface area (Å²) in [5.74, 6) is 1.76. The van der Waals surface area contributed by atoms with Gasteiger partial charge < -0.3 is 10.2 Å². The first-order valence-corrected chi connectivity index (χ1v) is 7.69. The predicted octanol–water partition coefficient (Wildman–Crippen LogP) is 2.89. The maximum absolute atomic E-state index is 3.69. The van der Waals surface area contributed by atoms with Crippen molar-refractivity contribution in [2.75, 3.05) is 19.6 Å². The molecule has 2 saturated heterocycles. The molecular weight excluding hydrogens is 208 g/mol. The van der Waals surface area contributed by atoms with Crippen LogP contribution in [0.15, 0.2) is 0 Å². The highest BCUT2D eigenvalue weighted by Gasteiger charge is 2.30. The summed E-state index contributed by atoms with van der Waals surface area (Å²) in [7, 11) is 0. The summed E-state index contributed by atoms with van der Waals surface area (Å²) in [6, 6.07) is 1.66. The highest BCUT2D eigenvalue weighted by Crippen LogP contribution is 2.28. The van der Waals surface area contributed by atoms with Gasteiger partial charge in [0.2, 0.25) is 0 Å². The molecule has 2 aliphatic rings. The van der Waals surface area contributed by atoms with Crippen molar-refractivity contribution in [3.63, 3.8) is 0 Å². The molecule has 2 nitrogen and oxygen atoms in total. The van der Waals surface area contributed by atoms with Gasteiger partial charge in [-0.05, 0) is 63.6 Å². The first-order valence-electron chi connectivity index (χ1n) is 7.69. The van der Waals surface area contributed by atoms with Crippen LogP contribution in [0.1, 0.15) is 52.9 Å². The van der Waals surface area contributed by atoms with Gasteiger partial charge in [-0.25, -0.2) is 0 Å². The molecule has 2 heterocycles. The van der Waals surface area contributed by atoms with Gasteiger partial charge >= 0.3 is 0 Å². The lowest BCUT2D eigenvalue weighted by molar-refractivity contribution is 0.0916. The van der Waals surface area contributed by atoms with Crippen LogP contribution in [0, 0.1) is 11.8 Å². The summed E-state index contributed by atoms with van der Waals surface area (Å²) in [5.41, 5.74) is 0. The molecule has 2 atom stereocenters. The number of piperidine rings is 1. The Labute approximate surface area is 107 Å². The number of hydrogen-bond donors (Lipinski definition) is 1. The lowest BCUT2D eigenvalue weighted by Crippen LogP contribution is -2.46. The summed E-state index contributed by atoms with van der Waals surface area (Å²) in [6.45, 7) is 11.0. The van der Waals surface area contributed by atoms with Crippen LogP contribution in [0.25, 0.3) is 0 Å². The largest absolute Gasteiger partial charge is 0.314 e. The Balaban J connectivity index is 1.80. The van der Waals surface area contributed by atoms with Crippen LogP contribution < -0.4 is 5.32 Å². The van der Waals surface area contributed by atoms with Gasteiger partial charge in [0.15, 0.2) is 0 Å². The van der Waals surface area contributed by atoms with Crippen molar-refractivity contribution in [2.45, 2.75) is 65.0 Å². The minimum Gasteiger partial charge on any atom is -0.314 e. The standard InChI is InChI=1S/C15H30N2/c1-4-15(12(2)3)17-10-7-13(8-11-17)14-6-5-9-16-14/h12-16H,4-11H2,1-3H3. The first-order chi connectivity index (χ1) is 8.22. The maximum atomic E-state index is 3.69. The molecule has 2 heteroatoms. The Morgan fingerprint density at radius 3 is 2.35 bits per heavy atom. The van der Waals surface area contributed by atoms with Crippen LogP contribution in [-0.2, 0) is 0 Å². The van der Waals surface area contributed by atoms with Crippen molar-refractivity contribution in [1.29, 1.82) is 0 Å². The van der Waals surface area contributed by atoms with Crippen molar-refractivity contribution in [3.8, 4) is 0 Å². The highest BCUT2D eigenvalue weighted by atomic mass is 15.2. The Morgan fingerprint density at radius 1 is 1.18 bits per heavy atom. The third-order valence-electron chi connectivity index (χ3n) is 4.90. The summed E-state index contributed by atoms with van der Waals surface area (Å²) in [5, 5.41) is 3.69. The number of nitrogens with zero attached hydrogens (tertiary/aromatic N) is 1. The molecule has 17 heavy (non-hydrogen) atoms. The van der Waals surface area contributed by atoms with E-state index >= 15 is 0 Å². The monoisotopic (exact) mass is 238 g/mol. The van der Waals surface area contributed by atoms with Crippen molar-refractivity contribution in [3.05, 3.63) is 0 Å². The average molecular weight is 238 g/mol. The number of nitrogens with one attached hydrogen (secondary N) is 1. The van der Waals surface area contributed by atoms with E-state index in [1.807, 2.05) is 0 Å². The van der Waals surface area contributed by atoms with E-state index in [4.69, 9.17) is 0 Å². The molecule has 0 aliphatic carbocycles. The van der Waals surface area contributed by atoms with Gasteiger partial charge in [-0.3, -0.25) is 0 Å². The Bertz CT molecular complexity index is 213. The fourth-order valence-corrected chi connectivity index (χ4v) is 3.92. The molecule has 2 aliphatic heterocycles. The van der Waals surface area contributed by atoms with Gasteiger partial charge in [-0.15, -0.1) is 0 Å². The average Bonchev–Trinajstić information content (AvgIpc) is 2.84. The summed E-state index contributed by atoms with van der Waals surface area (Å²) in [4.78, 5) is 2.75. The molecule has 0 radical (unpaired) electrons. The Morgan fingerprint density at radius 2 is 1.88 bits per heavy atom. The third-order valence-corrected chi connectivity index (χ3v) is 4.90. The molecule has 0 aromatic heterocycles. The summed E-state index contributed by atoms with van der Waals surface area (Å²) < 4.78 is 0. The zero-order chi connectivity index (χ0) is 12.3. The second-order valence-corrected chi connectivity index (χ2v) is 6.30. The van der Waals surface area contributed by atoms with Gasteiger partial charge in [0.25, 0.3) is 0 Å². The lowest BCUT2D eigenvalue weighted by atomic mass is 9.87. The molecule has 0 saturated carbocycles. The highest BCUT2D eigenvalue weighted by molar-refractivity contribution is 4.87. The predicted molar refractivity (Wildman–Crippen MR) is 74.2 cm³/mol. The lowest BCUT2D eigenvalue weighted by Gasteiger charge is -2.40. The minimum absolute atomic E-state index is 0.807. The number of rotatable bonds is 4. The molecule has 2 fully saturated rings. The van der Waals surface area contributed by atoms with Crippen LogP contribution in [0.3, 0.4) is 0 Å². The molecule has 100 valence electrons.